The quantitative estimate of drug-likeness (QED) is 0.609. The number of fused-ring (bicyclic) bond motifs is 2. The summed E-state index contributed by atoms with van der Waals surface area (Å²) in [7, 11) is 0. The largest absolute Gasteiger partial charge is 0.398 e. The topological polar surface area (TPSA) is 79.4 Å². The lowest BCUT2D eigenvalue weighted by molar-refractivity contribution is 0.155. The number of anilines is 1. The van der Waals surface area contributed by atoms with Gasteiger partial charge in [0.15, 0.2) is 0 Å². The van der Waals surface area contributed by atoms with Crippen LogP contribution in [0.1, 0.15) is 54.0 Å². The number of hydrogen-bond donors (Lipinski definition) is 3. The Morgan fingerprint density at radius 2 is 1.62 bits per heavy atom. The summed E-state index contributed by atoms with van der Waals surface area (Å²) in [4.78, 5) is 4.56. The van der Waals surface area contributed by atoms with E-state index in [-0.39, 0.29) is 0 Å². The summed E-state index contributed by atoms with van der Waals surface area (Å²) in [6.45, 7) is 0. The highest BCUT2D eigenvalue weighted by Crippen LogP contribution is 2.41. The van der Waals surface area contributed by atoms with E-state index in [2.05, 4.69) is 4.98 Å². The summed E-state index contributed by atoms with van der Waals surface area (Å²) in [5.41, 5.74) is 10.1. The van der Waals surface area contributed by atoms with Crippen molar-refractivity contribution < 1.29 is 10.2 Å². The molecular formula is C12H16N2O2. The first kappa shape index (κ1) is 10.1. The molecular weight excluding hydrogens is 204 g/mol. The number of nitrogen functional groups attached to an aromatic ring is 1. The van der Waals surface area contributed by atoms with Crippen LogP contribution in [-0.2, 0) is 12.8 Å². The third-order valence-electron chi connectivity index (χ3n) is 3.68. The number of aliphatic hydroxyl groups is 2. The number of nitrogens with two attached hydrogens (primary N) is 1. The molecule has 3 rings (SSSR count). The Morgan fingerprint density at radius 1 is 1.00 bits per heavy atom. The predicted octanol–water partition coefficient (Wildman–Crippen LogP) is 1.01. The van der Waals surface area contributed by atoms with Crippen molar-refractivity contribution in [1.82, 2.24) is 4.98 Å². The highest BCUT2D eigenvalue weighted by Gasteiger charge is 2.31. The van der Waals surface area contributed by atoms with Gasteiger partial charge in [-0.15, -0.1) is 0 Å². The van der Waals surface area contributed by atoms with Crippen molar-refractivity contribution >= 4 is 5.69 Å². The normalized spacial score (nSPS) is 27.6. The second-order valence-corrected chi connectivity index (χ2v) is 4.71. The van der Waals surface area contributed by atoms with Crippen LogP contribution in [-0.4, -0.2) is 15.2 Å². The minimum atomic E-state index is -0.505. The van der Waals surface area contributed by atoms with E-state index < -0.39 is 12.2 Å². The lowest BCUT2D eigenvalue weighted by atomic mass is 9.90. The van der Waals surface area contributed by atoms with E-state index >= 15 is 0 Å². The van der Waals surface area contributed by atoms with Crippen LogP contribution in [0.5, 0.6) is 0 Å². The van der Waals surface area contributed by atoms with E-state index in [1.165, 1.54) is 0 Å². The molecule has 0 fully saturated rings. The SMILES string of the molecule is Nc1c2c(nc3c1C(O)CC3)CCCC2O. The molecule has 2 aliphatic rings. The van der Waals surface area contributed by atoms with Crippen molar-refractivity contribution in [2.24, 2.45) is 0 Å². The van der Waals surface area contributed by atoms with Gasteiger partial charge < -0.3 is 15.9 Å². The van der Waals surface area contributed by atoms with Crippen molar-refractivity contribution in [3.05, 3.63) is 22.5 Å². The lowest BCUT2D eigenvalue weighted by Crippen LogP contribution is -2.16. The van der Waals surface area contributed by atoms with Crippen molar-refractivity contribution in [3.8, 4) is 0 Å². The summed E-state index contributed by atoms with van der Waals surface area (Å²) in [6.07, 6.45) is 3.09. The molecule has 1 aromatic rings. The first-order valence-electron chi connectivity index (χ1n) is 5.85. The molecule has 1 heterocycles. The molecule has 0 saturated heterocycles. The van der Waals surface area contributed by atoms with Crippen LogP contribution < -0.4 is 5.73 Å². The number of pyridine rings is 1. The highest BCUT2D eigenvalue weighted by molar-refractivity contribution is 5.61. The summed E-state index contributed by atoms with van der Waals surface area (Å²) >= 11 is 0. The Balaban J connectivity index is 2.22. The average Bonchev–Trinajstić information content (AvgIpc) is 2.60. The number of aryl methyl sites for hydroxylation is 2. The number of hydrogen-bond acceptors (Lipinski definition) is 4. The molecule has 0 aliphatic heterocycles. The van der Waals surface area contributed by atoms with E-state index in [4.69, 9.17) is 5.73 Å². The standard InChI is InChI=1S/C12H16N2O2/c13-12-10-6(2-1-3-8(10)15)14-7-4-5-9(16)11(7)12/h8-9,15-16H,1-5H2,(H2,13,14). The Morgan fingerprint density at radius 3 is 2.38 bits per heavy atom. The number of aliphatic hydroxyl groups excluding tert-OH is 2. The minimum absolute atomic E-state index is 0.498. The number of rotatable bonds is 0. The van der Waals surface area contributed by atoms with Gasteiger partial charge in [0.2, 0.25) is 0 Å². The van der Waals surface area contributed by atoms with Crippen molar-refractivity contribution in [3.63, 3.8) is 0 Å². The first-order chi connectivity index (χ1) is 7.68. The van der Waals surface area contributed by atoms with Gasteiger partial charge in [-0.3, -0.25) is 4.98 Å². The van der Waals surface area contributed by atoms with Gasteiger partial charge in [-0.05, 0) is 32.1 Å². The molecule has 2 unspecified atom stereocenters. The molecule has 0 bridgehead atoms. The van der Waals surface area contributed by atoms with Crippen LogP contribution in [0.15, 0.2) is 0 Å². The fourth-order valence-corrected chi connectivity index (χ4v) is 2.89. The Labute approximate surface area is 94.1 Å². The van der Waals surface area contributed by atoms with Gasteiger partial charge in [0.25, 0.3) is 0 Å². The van der Waals surface area contributed by atoms with Gasteiger partial charge in [0.05, 0.1) is 12.2 Å². The van der Waals surface area contributed by atoms with E-state index in [9.17, 15) is 10.2 Å². The van der Waals surface area contributed by atoms with Gasteiger partial charge in [0.1, 0.15) is 0 Å². The van der Waals surface area contributed by atoms with Crippen LogP contribution in [0.25, 0.3) is 0 Å². The van der Waals surface area contributed by atoms with Crippen LogP contribution in [0.3, 0.4) is 0 Å². The molecule has 4 N–H and O–H groups in total. The molecule has 1 aromatic heterocycles. The molecule has 16 heavy (non-hydrogen) atoms. The Hall–Kier alpha value is -1.13. The van der Waals surface area contributed by atoms with Crippen LogP contribution in [0.4, 0.5) is 5.69 Å². The van der Waals surface area contributed by atoms with E-state index in [0.29, 0.717) is 12.1 Å². The molecule has 2 atom stereocenters. The van der Waals surface area contributed by atoms with E-state index in [0.717, 1.165) is 48.2 Å². The fourth-order valence-electron chi connectivity index (χ4n) is 2.89. The molecule has 0 saturated carbocycles. The molecule has 0 aromatic carbocycles. The number of nitrogens with zero attached hydrogens (tertiary/aromatic N) is 1. The molecule has 2 aliphatic carbocycles. The van der Waals surface area contributed by atoms with E-state index in [1.54, 1.807) is 0 Å². The van der Waals surface area contributed by atoms with Crippen molar-refractivity contribution in [2.45, 2.75) is 44.3 Å². The number of aromatic nitrogens is 1. The summed E-state index contributed by atoms with van der Waals surface area (Å²) in [5.74, 6) is 0. The minimum Gasteiger partial charge on any atom is -0.398 e. The third kappa shape index (κ3) is 1.26. The average molecular weight is 220 g/mol. The summed E-state index contributed by atoms with van der Waals surface area (Å²) < 4.78 is 0. The lowest BCUT2D eigenvalue weighted by Gasteiger charge is -2.24. The molecule has 0 amide bonds. The van der Waals surface area contributed by atoms with Gasteiger partial charge in [-0.25, -0.2) is 0 Å². The molecule has 0 radical (unpaired) electrons. The van der Waals surface area contributed by atoms with Crippen molar-refractivity contribution in [2.75, 3.05) is 5.73 Å². The van der Waals surface area contributed by atoms with Gasteiger partial charge in [0, 0.05) is 28.2 Å². The van der Waals surface area contributed by atoms with Crippen LogP contribution in [0, 0.1) is 0 Å². The van der Waals surface area contributed by atoms with Crippen molar-refractivity contribution in [1.29, 1.82) is 0 Å². The van der Waals surface area contributed by atoms with Gasteiger partial charge >= 0.3 is 0 Å². The summed E-state index contributed by atoms with van der Waals surface area (Å²) in [5, 5.41) is 19.8. The monoisotopic (exact) mass is 220 g/mol. The second kappa shape index (κ2) is 3.43. The zero-order chi connectivity index (χ0) is 11.3. The molecule has 4 nitrogen and oxygen atoms in total. The second-order valence-electron chi connectivity index (χ2n) is 4.71. The van der Waals surface area contributed by atoms with Gasteiger partial charge in [-0.1, -0.05) is 0 Å². The third-order valence-corrected chi connectivity index (χ3v) is 3.68. The zero-order valence-corrected chi connectivity index (χ0v) is 9.11. The Kier molecular flexibility index (Phi) is 2.16. The maximum Gasteiger partial charge on any atom is 0.0831 e. The molecule has 0 spiro atoms. The van der Waals surface area contributed by atoms with Crippen LogP contribution >= 0.6 is 0 Å². The molecule has 86 valence electrons. The fraction of sp³-hybridized carbons (Fsp3) is 0.583. The Bertz CT molecular complexity index is 445. The summed E-state index contributed by atoms with van der Waals surface area (Å²) in [6, 6.07) is 0. The first-order valence-corrected chi connectivity index (χ1v) is 5.85. The van der Waals surface area contributed by atoms with E-state index in [1.807, 2.05) is 0 Å². The van der Waals surface area contributed by atoms with Crippen LogP contribution in [0.2, 0.25) is 0 Å². The zero-order valence-electron chi connectivity index (χ0n) is 9.11. The highest BCUT2D eigenvalue weighted by atomic mass is 16.3. The molecule has 4 heteroatoms. The maximum absolute atomic E-state index is 9.96. The smallest absolute Gasteiger partial charge is 0.0831 e. The predicted molar refractivity (Wildman–Crippen MR) is 59.8 cm³/mol. The van der Waals surface area contributed by atoms with Gasteiger partial charge in [-0.2, -0.15) is 0 Å². The maximum atomic E-state index is 9.96.